The van der Waals surface area contributed by atoms with Crippen molar-refractivity contribution in [1.82, 2.24) is 39.9 Å². The third kappa shape index (κ3) is 4.34. The Morgan fingerprint density at radius 1 is 0.306 bits per heavy atom. The number of rotatable bonds is 0. The number of nitrogens with zero attached hydrogens (tertiary/aromatic N) is 8. The zero-order valence-electron chi connectivity index (χ0n) is 23.9. The van der Waals surface area contributed by atoms with Crippen molar-refractivity contribution in [2.75, 3.05) is 0 Å². The molecule has 2 aliphatic heterocycles. The SMILES string of the molecule is Fc1ccc(F)c2c1-c1nc-2nc2[n-]c(nc3nc(nc4[n-]c(n1)c1c(F)ccc(F)c41)-c1c(F)ccc(F)c1-3)c1c(F)ccc(F)c21.[Mg+2]. The minimum absolute atomic E-state index is 0. The Balaban J connectivity index is 0.00000348. The molecule has 2 aliphatic rings. The van der Waals surface area contributed by atoms with Gasteiger partial charge in [-0.25, -0.2) is 45.1 Å². The number of halogens is 8. The van der Waals surface area contributed by atoms with Gasteiger partial charge in [0.1, 0.15) is 46.5 Å². The fourth-order valence-corrected chi connectivity index (χ4v) is 5.85. The largest absolute Gasteiger partial charge is 2.00 e. The van der Waals surface area contributed by atoms with Gasteiger partial charge in [-0.2, -0.15) is 0 Å². The van der Waals surface area contributed by atoms with Gasteiger partial charge in [-0.15, -0.1) is 0 Å². The van der Waals surface area contributed by atoms with Crippen LogP contribution in [0.4, 0.5) is 35.1 Å². The second kappa shape index (κ2) is 10.7. The maximum atomic E-state index is 15.3. The van der Waals surface area contributed by atoms with Crippen molar-refractivity contribution >= 4 is 67.2 Å². The predicted molar refractivity (Wildman–Crippen MR) is 159 cm³/mol. The molecule has 0 amide bonds. The van der Waals surface area contributed by atoms with Crippen molar-refractivity contribution in [3.63, 3.8) is 0 Å². The standard InChI is InChI=1S/C32H8F8N8.Mg/c33-9-1-2-10(34)18-17(9)25-41-26(18)46-28-21-13(37)5-6-14(38)22(21)30(43-28)48-32-24-16(40)8-7-15(39)23(24)31(44-32)47-29-20-12(36)4-3-11(35)19(20)27(42-29)45-25;/h1-8H;/q-2;+2. The Labute approximate surface area is 282 Å². The van der Waals surface area contributed by atoms with Gasteiger partial charge in [-0.3, -0.25) is 0 Å². The van der Waals surface area contributed by atoms with Gasteiger partial charge in [-0.05, 0) is 48.5 Å². The van der Waals surface area contributed by atoms with Crippen LogP contribution in [0.15, 0.2) is 48.5 Å². The van der Waals surface area contributed by atoms with Crippen molar-refractivity contribution in [3.8, 4) is 45.6 Å². The van der Waals surface area contributed by atoms with E-state index in [1.54, 1.807) is 0 Å². The summed E-state index contributed by atoms with van der Waals surface area (Å²) in [6.45, 7) is 0. The van der Waals surface area contributed by atoms with E-state index in [1.807, 2.05) is 0 Å². The number of hydrogen-bond acceptors (Lipinski definition) is 6. The van der Waals surface area contributed by atoms with Gasteiger partial charge in [0, 0.05) is 44.1 Å². The Morgan fingerprint density at radius 2 is 0.510 bits per heavy atom. The summed E-state index contributed by atoms with van der Waals surface area (Å²) < 4.78 is 122. The maximum Gasteiger partial charge on any atom is 2.00 e. The molecule has 0 saturated carbocycles. The van der Waals surface area contributed by atoms with E-state index in [-0.39, 0.29) is 23.1 Å². The summed E-state index contributed by atoms with van der Waals surface area (Å²) >= 11 is 0. The monoisotopic (exact) mass is 680 g/mol. The molecule has 7 aromatic rings. The normalized spacial score (nSPS) is 11.9. The molecule has 0 atom stereocenters. The molecule has 17 heteroatoms. The van der Waals surface area contributed by atoms with Gasteiger partial charge in [0.05, 0.1) is 45.6 Å². The van der Waals surface area contributed by atoms with E-state index in [0.29, 0.717) is 0 Å². The number of hydrogen-bond donors (Lipinski definition) is 0. The number of fused-ring (bicyclic) bond motifs is 20. The third-order valence-electron chi connectivity index (χ3n) is 7.90. The number of aromatic nitrogens is 8. The van der Waals surface area contributed by atoms with Crippen LogP contribution in [0.2, 0.25) is 0 Å². The van der Waals surface area contributed by atoms with Crippen molar-refractivity contribution in [3.05, 3.63) is 95.1 Å². The van der Waals surface area contributed by atoms with Crippen LogP contribution in [0.5, 0.6) is 0 Å². The van der Waals surface area contributed by atoms with E-state index in [9.17, 15) is 0 Å². The van der Waals surface area contributed by atoms with E-state index >= 15 is 35.1 Å². The molecule has 9 rings (SSSR count). The summed E-state index contributed by atoms with van der Waals surface area (Å²) in [4.78, 5) is 33.0. The molecule has 0 aliphatic carbocycles. The summed E-state index contributed by atoms with van der Waals surface area (Å²) in [5.74, 6) is -10.8. The molecule has 0 unspecified atom stereocenters. The quantitative estimate of drug-likeness (QED) is 0.126. The first-order chi connectivity index (χ1) is 23.1. The minimum Gasteiger partial charge on any atom is -0.357 e. The van der Waals surface area contributed by atoms with Crippen LogP contribution in [0, 0.1) is 46.5 Å². The van der Waals surface area contributed by atoms with Crippen LogP contribution in [-0.2, 0) is 0 Å². The van der Waals surface area contributed by atoms with Gasteiger partial charge >= 0.3 is 23.1 Å². The molecule has 0 saturated heterocycles. The first-order valence-electron chi connectivity index (χ1n) is 13.7. The van der Waals surface area contributed by atoms with Crippen LogP contribution in [0.1, 0.15) is 0 Å². The van der Waals surface area contributed by atoms with E-state index in [0.717, 1.165) is 48.5 Å². The molecular formula is C32H8F8MgN8. The van der Waals surface area contributed by atoms with Gasteiger partial charge in [0.2, 0.25) is 0 Å². The molecule has 0 spiro atoms. The van der Waals surface area contributed by atoms with Crippen molar-refractivity contribution < 1.29 is 35.1 Å². The zero-order chi connectivity index (χ0) is 33.2. The molecule has 0 N–H and O–H groups in total. The molecule has 5 heterocycles. The van der Waals surface area contributed by atoms with E-state index in [1.165, 1.54) is 0 Å². The average Bonchev–Trinajstić information content (AvgIpc) is 3.80. The summed E-state index contributed by atoms with van der Waals surface area (Å²) in [5, 5.41) is -2.21. The Kier molecular flexibility index (Phi) is 6.73. The molecule has 49 heavy (non-hydrogen) atoms. The maximum absolute atomic E-state index is 15.3. The van der Waals surface area contributed by atoms with Gasteiger partial charge in [0.25, 0.3) is 0 Å². The molecule has 0 radical (unpaired) electrons. The molecule has 4 aromatic carbocycles. The van der Waals surface area contributed by atoms with Crippen molar-refractivity contribution in [2.45, 2.75) is 0 Å². The van der Waals surface area contributed by atoms with E-state index in [2.05, 4.69) is 39.9 Å². The molecular weight excluding hydrogens is 673 g/mol. The summed E-state index contributed by atoms with van der Waals surface area (Å²) in [7, 11) is 0. The topological polar surface area (TPSA) is 106 Å². The molecule has 8 bridgehead atoms. The van der Waals surface area contributed by atoms with Crippen molar-refractivity contribution in [2.24, 2.45) is 0 Å². The van der Waals surface area contributed by atoms with Crippen LogP contribution in [0.25, 0.3) is 89.7 Å². The molecule has 234 valence electrons. The number of benzene rings is 4. The minimum atomic E-state index is -1.05. The first kappa shape index (κ1) is 30.8. The second-order valence-corrected chi connectivity index (χ2v) is 10.6. The Hall–Kier alpha value is -5.55. The molecule has 3 aromatic heterocycles. The summed E-state index contributed by atoms with van der Waals surface area (Å²) in [6, 6.07) is 6.12. The third-order valence-corrected chi connectivity index (χ3v) is 7.90. The van der Waals surface area contributed by atoms with Crippen LogP contribution in [0.3, 0.4) is 0 Å². The Bertz CT molecular complexity index is 2430. The predicted octanol–water partition coefficient (Wildman–Crippen LogP) is 6.86. The summed E-state index contributed by atoms with van der Waals surface area (Å²) in [5.41, 5.74) is -4.59. The second-order valence-electron chi connectivity index (χ2n) is 10.6. The average molecular weight is 681 g/mol. The van der Waals surface area contributed by atoms with E-state index in [4.69, 9.17) is 0 Å². The van der Waals surface area contributed by atoms with Crippen molar-refractivity contribution in [1.29, 1.82) is 0 Å². The summed E-state index contributed by atoms with van der Waals surface area (Å²) in [6.07, 6.45) is 0. The fourth-order valence-electron chi connectivity index (χ4n) is 5.85. The fraction of sp³-hybridized carbons (Fsp3) is 0. The molecule has 0 fully saturated rings. The first-order valence-corrected chi connectivity index (χ1v) is 13.7. The van der Waals surface area contributed by atoms with Crippen LogP contribution < -0.4 is 9.97 Å². The van der Waals surface area contributed by atoms with Gasteiger partial charge in [0.15, 0.2) is 0 Å². The Morgan fingerprint density at radius 3 is 0.735 bits per heavy atom. The van der Waals surface area contributed by atoms with Gasteiger partial charge < -0.3 is 29.9 Å². The smallest absolute Gasteiger partial charge is 0.357 e. The molecule has 8 nitrogen and oxygen atoms in total. The zero-order valence-corrected chi connectivity index (χ0v) is 25.3. The van der Waals surface area contributed by atoms with Gasteiger partial charge in [-0.1, -0.05) is 0 Å². The van der Waals surface area contributed by atoms with E-state index < -0.39 is 136 Å². The van der Waals surface area contributed by atoms with Crippen LogP contribution in [-0.4, -0.2) is 53.0 Å². The van der Waals surface area contributed by atoms with Crippen LogP contribution >= 0.6 is 0 Å².